The molecule has 9 nitrogen and oxygen atoms in total. The molecule has 0 bridgehead atoms. The molecule has 1 N–H and O–H groups in total. The van der Waals surface area contributed by atoms with Crippen molar-refractivity contribution in [3.8, 4) is 5.88 Å². The highest BCUT2D eigenvalue weighted by Gasteiger charge is 2.28. The minimum atomic E-state index is -0.499. The number of piperazine rings is 1. The summed E-state index contributed by atoms with van der Waals surface area (Å²) in [6, 6.07) is 4.09. The molecule has 2 fully saturated rings. The zero-order valence-electron chi connectivity index (χ0n) is 21.7. The van der Waals surface area contributed by atoms with Gasteiger partial charge in [-0.2, -0.15) is 4.98 Å². The minimum Gasteiger partial charge on any atom is -0.474 e. The van der Waals surface area contributed by atoms with Crippen molar-refractivity contribution >= 4 is 40.6 Å². The number of carbonyl (C=O) groups is 2. The lowest BCUT2D eigenvalue weighted by molar-refractivity contribution is 0.0240. The lowest BCUT2D eigenvalue weighted by atomic mass is 9.93. The number of hydrogen-bond acceptors (Lipinski definition) is 7. The van der Waals surface area contributed by atoms with E-state index in [0.29, 0.717) is 32.1 Å². The lowest BCUT2D eigenvalue weighted by Gasteiger charge is -2.36. The van der Waals surface area contributed by atoms with E-state index in [-0.39, 0.29) is 24.3 Å². The first-order chi connectivity index (χ1) is 16.3. The van der Waals surface area contributed by atoms with Crippen molar-refractivity contribution in [3.05, 3.63) is 15.7 Å². The second-order valence-electron chi connectivity index (χ2n) is 11.2. The molecule has 2 amide bonds. The van der Waals surface area contributed by atoms with E-state index in [1.165, 1.54) is 0 Å². The molecule has 0 aromatic carbocycles. The largest absolute Gasteiger partial charge is 0.474 e. The van der Waals surface area contributed by atoms with Crippen LogP contribution in [0.4, 0.5) is 15.4 Å². The molecule has 3 rings (SSSR count). The third-order valence-electron chi connectivity index (χ3n) is 5.69. The van der Waals surface area contributed by atoms with Gasteiger partial charge in [-0.15, -0.1) is 0 Å². The summed E-state index contributed by atoms with van der Waals surface area (Å²) >= 11 is 2.29. The SMILES string of the molecule is CC(C)(C)OC(=O)NC1CCC(Oc2cc(I)cc(N3CCN(C(=O)OC(C)(C)C)CC3)n2)CC1. The average Bonchev–Trinajstić information content (AvgIpc) is 2.72. The monoisotopic (exact) mass is 602 g/mol. The van der Waals surface area contributed by atoms with Crippen molar-refractivity contribution < 1.29 is 23.8 Å². The summed E-state index contributed by atoms with van der Waals surface area (Å²) in [5.41, 5.74) is -0.997. The number of pyridine rings is 1. The quantitative estimate of drug-likeness (QED) is 0.488. The fourth-order valence-electron chi connectivity index (χ4n) is 4.10. The van der Waals surface area contributed by atoms with Gasteiger partial charge in [0.2, 0.25) is 5.88 Å². The first kappa shape index (κ1) is 27.6. The Morgan fingerprint density at radius 3 is 2.11 bits per heavy atom. The van der Waals surface area contributed by atoms with E-state index >= 15 is 0 Å². The summed E-state index contributed by atoms with van der Waals surface area (Å²) in [5, 5.41) is 2.97. The Bertz CT molecular complexity index is 883. The van der Waals surface area contributed by atoms with Crippen LogP contribution in [0.1, 0.15) is 67.2 Å². The molecular weight excluding hydrogens is 563 g/mol. The first-order valence-electron chi connectivity index (χ1n) is 12.3. The minimum absolute atomic E-state index is 0.0641. The number of alkyl carbamates (subject to hydrolysis) is 1. The molecular formula is C25H39IN4O5. The maximum absolute atomic E-state index is 12.3. The molecule has 0 spiro atoms. The van der Waals surface area contributed by atoms with Crippen molar-refractivity contribution in [1.82, 2.24) is 15.2 Å². The fourth-order valence-corrected chi connectivity index (χ4v) is 4.64. The Labute approximate surface area is 222 Å². The fraction of sp³-hybridized carbons (Fsp3) is 0.720. The van der Waals surface area contributed by atoms with E-state index in [1.54, 1.807) is 4.90 Å². The van der Waals surface area contributed by atoms with E-state index in [0.717, 1.165) is 35.1 Å². The van der Waals surface area contributed by atoms with Crippen molar-refractivity contribution in [3.63, 3.8) is 0 Å². The van der Waals surface area contributed by atoms with E-state index in [2.05, 4.69) is 32.8 Å². The highest BCUT2D eigenvalue weighted by atomic mass is 127. The van der Waals surface area contributed by atoms with Crippen molar-refractivity contribution in [2.45, 2.75) is 90.6 Å². The van der Waals surface area contributed by atoms with Gasteiger partial charge in [0.05, 0.1) is 0 Å². The van der Waals surface area contributed by atoms with Crippen LogP contribution in [0.15, 0.2) is 12.1 Å². The van der Waals surface area contributed by atoms with Gasteiger partial charge in [-0.3, -0.25) is 0 Å². The number of nitrogens with zero attached hydrogens (tertiary/aromatic N) is 3. The number of ether oxygens (including phenoxy) is 3. The van der Waals surface area contributed by atoms with Gasteiger partial charge in [-0.1, -0.05) is 0 Å². The predicted octanol–water partition coefficient (Wildman–Crippen LogP) is 4.96. The van der Waals surface area contributed by atoms with Gasteiger partial charge in [0.25, 0.3) is 0 Å². The summed E-state index contributed by atoms with van der Waals surface area (Å²) in [5.74, 6) is 1.47. The Balaban J connectivity index is 1.50. The molecule has 0 unspecified atom stereocenters. The Hall–Kier alpha value is -1.98. The molecule has 1 aromatic rings. The molecule has 1 saturated heterocycles. The Morgan fingerprint density at radius 1 is 0.943 bits per heavy atom. The number of rotatable bonds is 4. The maximum atomic E-state index is 12.3. The zero-order valence-corrected chi connectivity index (χ0v) is 23.9. The molecule has 1 saturated carbocycles. The molecule has 1 aromatic heterocycles. The van der Waals surface area contributed by atoms with Gasteiger partial charge in [-0.05, 0) is 95.9 Å². The highest BCUT2D eigenvalue weighted by Crippen LogP contribution is 2.27. The van der Waals surface area contributed by atoms with Crippen LogP contribution in [0.25, 0.3) is 0 Å². The van der Waals surface area contributed by atoms with Crippen molar-refractivity contribution in [2.75, 3.05) is 31.1 Å². The number of hydrogen-bond donors (Lipinski definition) is 1. The van der Waals surface area contributed by atoms with E-state index < -0.39 is 11.2 Å². The third-order valence-corrected chi connectivity index (χ3v) is 6.31. The summed E-state index contributed by atoms with van der Waals surface area (Å²) in [4.78, 5) is 33.1. The molecule has 1 aliphatic carbocycles. The number of carbonyl (C=O) groups excluding carboxylic acids is 2. The number of halogens is 1. The summed E-state index contributed by atoms with van der Waals surface area (Å²) in [7, 11) is 0. The van der Waals surface area contributed by atoms with Crippen molar-refractivity contribution in [2.24, 2.45) is 0 Å². The third kappa shape index (κ3) is 9.20. The number of anilines is 1. The van der Waals surface area contributed by atoms with E-state index in [1.807, 2.05) is 53.7 Å². The maximum Gasteiger partial charge on any atom is 0.410 e. The lowest BCUT2D eigenvalue weighted by Crippen LogP contribution is -2.50. The van der Waals surface area contributed by atoms with Crippen LogP contribution in [0.5, 0.6) is 5.88 Å². The molecule has 0 radical (unpaired) electrons. The molecule has 35 heavy (non-hydrogen) atoms. The van der Waals surface area contributed by atoms with Crippen LogP contribution >= 0.6 is 22.6 Å². The van der Waals surface area contributed by atoms with Crippen LogP contribution in [0, 0.1) is 3.57 Å². The van der Waals surface area contributed by atoms with E-state index in [4.69, 9.17) is 19.2 Å². The molecule has 10 heteroatoms. The summed E-state index contributed by atoms with van der Waals surface area (Å²) < 4.78 is 18.2. The number of nitrogens with one attached hydrogen (secondary N) is 1. The van der Waals surface area contributed by atoms with Crippen LogP contribution in [0.3, 0.4) is 0 Å². The van der Waals surface area contributed by atoms with Crippen LogP contribution in [-0.4, -0.2) is 71.6 Å². The van der Waals surface area contributed by atoms with Crippen LogP contribution < -0.4 is 15.0 Å². The molecule has 196 valence electrons. The molecule has 1 aliphatic heterocycles. The van der Waals surface area contributed by atoms with Crippen molar-refractivity contribution in [1.29, 1.82) is 0 Å². The first-order valence-corrected chi connectivity index (χ1v) is 13.4. The molecule has 2 aliphatic rings. The number of aromatic nitrogens is 1. The topological polar surface area (TPSA) is 93.2 Å². The normalized spacial score (nSPS) is 21.3. The van der Waals surface area contributed by atoms with Gasteiger partial charge in [0.15, 0.2) is 0 Å². The smallest absolute Gasteiger partial charge is 0.410 e. The predicted molar refractivity (Wildman–Crippen MR) is 143 cm³/mol. The van der Waals surface area contributed by atoms with Gasteiger partial charge in [0.1, 0.15) is 23.1 Å². The zero-order chi connectivity index (χ0) is 25.8. The summed E-state index contributed by atoms with van der Waals surface area (Å²) in [6.45, 7) is 13.8. The van der Waals surface area contributed by atoms with Gasteiger partial charge in [0, 0.05) is 41.9 Å². The number of amides is 2. The van der Waals surface area contributed by atoms with Crippen LogP contribution in [-0.2, 0) is 9.47 Å². The van der Waals surface area contributed by atoms with E-state index in [9.17, 15) is 9.59 Å². The standard InChI is InChI=1S/C25H39IN4O5/c1-24(2,3)34-22(31)27-18-7-9-19(10-8-18)33-21-16-17(26)15-20(28-21)29-11-13-30(14-12-29)23(32)35-25(4,5)6/h15-16,18-19H,7-14H2,1-6H3,(H,27,31). The average molecular weight is 603 g/mol. The van der Waals surface area contributed by atoms with Crippen LogP contribution in [0.2, 0.25) is 0 Å². The summed E-state index contributed by atoms with van der Waals surface area (Å²) in [6.07, 6.45) is 2.80. The van der Waals surface area contributed by atoms with Gasteiger partial charge < -0.3 is 29.3 Å². The van der Waals surface area contributed by atoms with Gasteiger partial charge in [-0.25, -0.2) is 9.59 Å². The highest BCUT2D eigenvalue weighted by molar-refractivity contribution is 14.1. The second kappa shape index (κ2) is 11.4. The molecule has 2 heterocycles. The molecule has 0 atom stereocenters. The second-order valence-corrected chi connectivity index (χ2v) is 12.4. The Morgan fingerprint density at radius 2 is 1.54 bits per heavy atom. The van der Waals surface area contributed by atoms with Gasteiger partial charge >= 0.3 is 12.2 Å². The Kier molecular flexibility index (Phi) is 8.98.